The molecule has 1 aromatic heterocycles. The SMILES string of the molecule is Cc1cccc(F)c1NC(=O)c1cc2cccc(N)c2[nH]1. The lowest BCUT2D eigenvalue weighted by Gasteiger charge is -2.08. The van der Waals surface area contributed by atoms with Gasteiger partial charge in [-0.2, -0.15) is 0 Å². The summed E-state index contributed by atoms with van der Waals surface area (Å²) in [4.78, 5) is 15.2. The molecule has 0 aliphatic carbocycles. The molecule has 4 N–H and O–H groups in total. The predicted octanol–water partition coefficient (Wildman–Crippen LogP) is 3.45. The van der Waals surface area contributed by atoms with E-state index in [1.807, 2.05) is 12.1 Å². The quantitative estimate of drug-likeness (QED) is 0.630. The molecule has 3 aromatic rings. The van der Waals surface area contributed by atoms with Crippen molar-refractivity contribution in [3.05, 3.63) is 59.5 Å². The van der Waals surface area contributed by atoms with Crippen LogP contribution in [0.4, 0.5) is 15.8 Å². The molecule has 0 aliphatic heterocycles. The van der Waals surface area contributed by atoms with E-state index in [9.17, 15) is 9.18 Å². The van der Waals surface area contributed by atoms with Crippen LogP contribution in [-0.2, 0) is 0 Å². The smallest absolute Gasteiger partial charge is 0.272 e. The molecule has 3 rings (SSSR count). The molecule has 0 aliphatic rings. The fraction of sp³-hybridized carbons (Fsp3) is 0.0625. The second-order valence-electron chi connectivity index (χ2n) is 4.88. The maximum atomic E-state index is 13.8. The summed E-state index contributed by atoms with van der Waals surface area (Å²) in [5.41, 5.74) is 8.31. The molecule has 0 saturated carbocycles. The summed E-state index contributed by atoms with van der Waals surface area (Å²) < 4.78 is 13.8. The maximum Gasteiger partial charge on any atom is 0.272 e. The van der Waals surface area contributed by atoms with Gasteiger partial charge in [-0.3, -0.25) is 4.79 Å². The van der Waals surface area contributed by atoms with E-state index < -0.39 is 11.7 Å². The summed E-state index contributed by atoms with van der Waals surface area (Å²) in [6.45, 7) is 1.74. The van der Waals surface area contributed by atoms with Gasteiger partial charge in [-0.05, 0) is 30.7 Å². The zero-order valence-electron chi connectivity index (χ0n) is 11.4. The van der Waals surface area contributed by atoms with Crippen LogP contribution in [0.5, 0.6) is 0 Å². The van der Waals surface area contributed by atoms with Gasteiger partial charge in [0.1, 0.15) is 11.5 Å². The Morgan fingerprint density at radius 2 is 2.00 bits per heavy atom. The number of nitrogens with two attached hydrogens (primary N) is 1. The number of aromatic amines is 1. The summed E-state index contributed by atoms with van der Waals surface area (Å²) in [6, 6.07) is 11.8. The first-order valence-corrected chi connectivity index (χ1v) is 6.50. The lowest BCUT2D eigenvalue weighted by Crippen LogP contribution is -2.14. The summed E-state index contributed by atoms with van der Waals surface area (Å²) in [7, 11) is 0. The topological polar surface area (TPSA) is 70.9 Å². The molecule has 0 atom stereocenters. The average molecular weight is 283 g/mol. The first-order valence-electron chi connectivity index (χ1n) is 6.50. The number of carbonyl (C=O) groups excluding carboxylic acids is 1. The molecule has 2 aromatic carbocycles. The van der Waals surface area contributed by atoms with Crippen molar-refractivity contribution in [1.29, 1.82) is 0 Å². The number of para-hydroxylation sites is 2. The van der Waals surface area contributed by atoms with Crippen molar-refractivity contribution in [3.63, 3.8) is 0 Å². The number of fused-ring (bicyclic) bond motifs is 1. The normalized spacial score (nSPS) is 10.8. The fourth-order valence-corrected chi connectivity index (χ4v) is 2.27. The van der Waals surface area contributed by atoms with Gasteiger partial charge < -0.3 is 16.0 Å². The van der Waals surface area contributed by atoms with Gasteiger partial charge in [0.15, 0.2) is 0 Å². The largest absolute Gasteiger partial charge is 0.397 e. The van der Waals surface area contributed by atoms with Crippen LogP contribution in [0.3, 0.4) is 0 Å². The Morgan fingerprint density at radius 3 is 2.71 bits per heavy atom. The number of hydrogen-bond donors (Lipinski definition) is 3. The van der Waals surface area contributed by atoms with Gasteiger partial charge in [-0.25, -0.2) is 4.39 Å². The van der Waals surface area contributed by atoms with Crippen LogP contribution in [-0.4, -0.2) is 10.9 Å². The van der Waals surface area contributed by atoms with Crippen LogP contribution in [0.15, 0.2) is 42.5 Å². The monoisotopic (exact) mass is 283 g/mol. The summed E-state index contributed by atoms with van der Waals surface area (Å²) in [5, 5.41) is 3.43. The minimum absolute atomic E-state index is 0.189. The summed E-state index contributed by atoms with van der Waals surface area (Å²) in [6.07, 6.45) is 0. The van der Waals surface area contributed by atoms with Gasteiger partial charge in [0.2, 0.25) is 0 Å². The third-order valence-corrected chi connectivity index (χ3v) is 3.39. The van der Waals surface area contributed by atoms with E-state index in [-0.39, 0.29) is 5.69 Å². The minimum atomic E-state index is -0.459. The molecular formula is C16H14FN3O. The predicted molar refractivity (Wildman–Crippen MR) is 81.8 cm³/mol. The van der Waals surface area contributed by atoms with Gasteiger partial charge in [0.25, 0.3) is 5.91 Å². The highest BCUT2D eigenvalue weighted by Crippen LogP contribution is 2.23. The maximum absolute atomic E-state index is 13.8. The number of anilines is 2. The number of nitrogen functional groups attached to an aromatic ring is 1. The summed E-state index contributed by atoms with van der Waals surface area (Å²) in [5.74, 6) is -0.863. The first-order chi connectivity index (χ1) is 10.1. The van der Waals surface area contributed by atoms with E-state index in [1.54, 1.807) is 31.2 Å². The summed E-state index contributed by atoms with van der Waals surface area (Å²) >= 11 is 0. The number of aryl methyl sites for hydroxylation is 1. The fourth-order valence-electron chi connectivity index (χ4n) is 2.27. The average Bonchev–Trinajstić information content (AvgIpc) is 2.88. The van der Waals surface area contributed by atoms with Crippen molar-refractivity contribution < 1.29 is 9.18 Å². The molecule has 1 heterocycles. The lowest BCUT2D eigenvalue weighted by molar-refractivity contribution is 0.102. The highest BCUT2D eigenvalue weighted by molar-refractivity contribution is 6.07. The molecule has 106 valence electrons. The molecule has 0 spiro atoms. The molecule has 0 saturated heterocycles. The van der Waals surface area contributed by atoms with E-state index in [0.29, 0.717) is 22.5 Å². The van der Waals surface area contributed by atoms with E-state index in [1.165, 1.54) is 6.07 Å². The molecule has 5 heteroatoms. The first kappa shape index (κ1) is 13.2. The van der Waals surface area contributed by atoms with Crippen molar-refractivity contribution in [1.82, 2.24) is 4.98 Å². The Kier molecular flexibility index (Phi) is 3.10. The second kappa shape index (κ2) is 4.94. The molecular weight excluding hydrogens is 269 g/mol. The van der Waals surface area contributed by atoms with Crippen molar-refractivity contribution in [2.45, 2.75) is 6.92 Å². The van der Waals surface area contributed by atoms with E-state index in [0.717, 1.165) is 5.39 Å². The van der Waals surface area contributed by atoms with Crippen molar-refractivity contribution >= 4 is 28.2 Å². The minimum Gasteiger partial charge on any atom is -0.397 e. The molecule has 4 nitrogen and oxygen atoms in total. The van der Waals surface area contributed by atoms with Crippen molar-refractivity contribution in [3.8, 4) is 0 Å². The molecule has 1 amide bonds. The number of nitrogens with one attached hydrogen (secondary N) is 2. The van der Waals surface area contributed by atoms with Gasteiger partial charge >= 0.3 is 0 Å². The molecule has 21 heavy (non-hydrogen) atoms. The Hall–Kier alpha value is -2.82. The number of H-pyrrole nitrogens is 1. The van der Waals surface area contributed by atoms with Crippen LogP contribution in [0.1, 0.15) is 16.1 Å². The number of halogens is 1. The standard InChI is InChI=1S/C16H14FN3O/c1-9-4-2-6-11(17)14(9)20-16(21)13-8-10-5-3-7-12(18)15(10)19-13/h2-8,19H,18H2,1H3,(H,20,21). The van der Waals surface area contributed by atoms with Gasteiger partial charge in [0.05, 0.1) is 16.9 Å². The van der Waals surface area contributed by atoms with Crippen LogP contribution in [0, 0.1) is 12.7 Å². The number of aromatic nitrogens is 1. The Labute approximate surface area is 120 Å². The number of hydrogen-bond acceptors (Lipinski definition) is 2. The van der Waals surface area contributed by atoms with Gasteiger partial charge in [-0.1, -0.05) is 24.3 Å². The molecule has 0 unspecified atom stereocenters. The molecule has 0 radical (unpaired) electrons. The highest BCUT2D eigenvalue weighted by Gasteiger charge is 2.14. The molecule has 0 fully saturated rings. The lowest BCUT2D eigenvalue weighted by atomic mass is 10.2. The third kappa shape index (κ3) is 2.33. The number of amides is 1. The van der Waals surface area contributed by atoms with Crippen LogP contribution in [0.25, 0.3) is 10.9 Å². The zero-order valence-corrected chi connectivity index (χ0v) is 11.4. The van der Waals surface area contributed by atoms with Crippen molar-refractivity contribution in [2.75, 3.05) is 11.1 Å². The van der Waals surface area contributed by atoms with Gasteiger partial charge in [0, 0.05) is 5.39 Å². The van der Waals surface area contributed by atoms with Crippen LogP contribution in [0.2, 0.25) is 0 Å². The van der Waals surface area contributed by atoms with Crippen LogP contribution < -0.4 is 11.1 Å². The Bertz CT molecular complexity index is 818. The number of carbonyl (C=O) groups is 1. The zero-order chi connectivity index (χ0) is 15.0. The second-order valence-corrected chi connectivity index (χ2v) is 4.88. The Balaban J connectivity index is 1.96. The third-order valence-electron chi connectivity index (χ3n) is 3.39. The number of rotatable bonds is 2. The van der Waals surface area contributed by atoms with Crippen LogP contribution >= 0.6 is 0 Å². The number of benzene rings is 2. The Morgan fingerprint density at radius 1 is 1.24 bits per heavy atom. The molecule has 0 bridgehead atoms. The van der Waals surface area contributed by atoms with E-state index in [2.05, 4.69) is 10.3 Å². The highest BCUT2D eigenvalue weighted by atomic mass is 19.1. The van der Waals surface area contributed by atoms with E-state index in [4.69, 9.17) is 5.73 Å². The van der Waals surface area contributed by atoms with Gasteiger partial charge in [-0.15, -0.1) is 0 Å². The van der Waals surface area contributed by atoms with Crippen molar-refractivity contribution in [2.24, 2.45) is 0 Å². The van der Waals surface area contributed by atoms with E-state index >= 15 is 0 Å².